The zero-order chi connectivity index (χ0) is 17.5. The van der Waals surface area contributed by atoms with Crippen LogP contribution in [0.5, 0.6) is 11.5 Å². The van der Waals surface area contributed by atoms with Crippen molar-refractivity contribution in [2.75, 3.05) is 20.0 Å². The molecule has 0 aliphatic heterocycles. The summed E-state index contributed by atoms with van der Waals surface area (Å²) in [6.07, 6.45) is 7.89. The van der Waals surface area contributed by atoms with Crippen LogP contribution < -0.4 is 9.47 Å². The highest BCUT2D eigenvalue weighted by Crippen LogP contribution is 2.36. The Morgan fingerprint density at radius 1 is 1.18 bits per heavy atom. The van der Waals surface area contributed by atoms with E-state index in [4.69, 9.17) is 0 Å². The first-order valence-corrected chi connectivity index (χ1v) is 8.33. The van der Waals surface area contributed by atoms with E-state index in [1.165, 1.54) is 11.8 Å². The van der Waals surface area contributed by atoms with Crippen LogP contribution in [0.1, 0.15) is 5.56 Å². The van der Waals surface area contributed by atoms with Gasteiger partial charge in [0.05, 0.1) is 17.1 Å². The van der Waals surface area contributed by atoms with Gasteiger partial charge < -0.3 is 9.47 Å². The molecule has 1 aromatic rings. The number of rotatable bonds is 7. The molecule has 0 aromatic heterocycles. The van der Waals surface area contributed by atoms with Gasteiger partial charge in [0.2, 0.25) is 13.7 Å². The molecule has 124 valence electrons. The van der Waals surface area contributed by atoms with Gasteiger partial charge in [-0.25, -0.2) is 8.78 Å². The Labute approximate surface area is 136 Å². The zero-order valence-corrected chi connectivity index (χ0v) is 14.8. The maximum absolute atomic E-state index is 12.2. The number of halogens is 2. The predicted octanol–water partition coefficient (Wildman–Crippen LogP) is 4.19. The molecule has 0 fully saturated rings. The Morgan fingerprint density at radius 2 is 1.59 bits per heavy atom. The van der Waals surface area contributed by atoms with Crippen LogP contribution in [0.3, 0.4) is 0 Å². The Balaban J connectivity index is 0. The van der Waals surface area contributed by atoms with Gasteiger partial charge in [-0.05, 0) is 6.26 Å². The minimum atomic E-state index is -1.13. The lowest BCUT2D eigenvalue weighted by Crippen LogP contribution is -2.02. The highest BCUT2D eigenvalue weighted by atomic mass is 32.2. The van der Waals surface area contributed by atoms with Gasteiger partial charge in [-0.1, -0.05) is 12.6 Å². The molecule has 10 heteroatoms. The van der Waals surface area contributed by atoms with Crippen LogP contribution in [0.4, 0.5) is 14.5 Å². The van der Waals surface area contributed by atoms with Gasteiger partial charge in [0.15, 0.2) is 0 Å². The molecule has 0 radical (unpaired) electrons. The summed E-state index contributed by atoms with van der Waals surface area (Å²) in [6, 6.07) is 2.19. The van der Waals surface area contributed by atoms with Gasteiger partial charge in [-0.2, -0.15) is 11.8 Å². The Kier molecular flexibility index (Phi) is 15.4. The standard InChI is InChI=1S/C10H11F2NO4S.2CH3P/c1-18-4-8-9(16-5-11)2-7(13(14)15)3-10(8)17-6-12;2*1-2/h2-3H,4-6H2,1H3;2*2H,1H2. The number of thioether (sulfide) groups is 1. The van der Waals surface area contributed by atoms with Gasteiger partial charge in [0, 0.05) is 11.3 Å². The molecular weight excluding hydrogens is 354 g/mol. The van der Waals surface area contributed by atoms with Gasteiger partial charge in [-0.15, -0.1) is 17.7 Å². The SMILES string of the molecule is C=P.C=P.CSCc1c(OCF)cc([N+](=O)[O-])cc1OCF. The van der Waals surface area contributed by atoms with E-state index in [2.05, 4.69) is 39.8 Å². The average Bonchev–Trinajstić information content (AvgIpc) is 2.54. The van der Waals surface area contributed by atoms with Crippen molar-refractivity contribution in [3.63, 3.8) is 0 Å². The molecule has 22 heavy (non-hydrogen) atoms. The minimum Gasteiger partial charge on any atom is -0.462 e. The first-order chi connectivity index (χ1) is 10.6. The third kappa shape index (κ3) is 7.69. The summed E-state index contributed by atoms with van der Waals surface area (Å²) in [5.41, 5.74) is 0.0511. The lowest BCUT2D eigenvalue weighted by molar-refractivity contribution is -0.385. The van der Waals surface area contributed by atoms with Crippen LogP contribution in [0.25, 0.3) is 0 Å². The smallest absolute Gasteiger partial charge is 0.276 e. The van der Waals surface area contributed by atoms with Crippen LogP contribution in [0.15, 0.2) is 12.1 Å². The van der Waals surface area contributed by atoms with Crippen molar-refractivity contribution in [2.24, 2.45) is 0 Å². The first-order valence-electron chi connectivity index (χ1n) is 5.52. The molecule has 0 atom stereocenters. The normalized spacial score (nSPS) is 8.68. The number of non-ortho nitro benzene ring substituents is 1. The summed E-state index contributed by atoms with van der Waals surface area (Å²) in [7, 11) is 5.44. The molecule has 0 heterocycles. The van der Waals surface area contributed by atoms with E-state index >= 15 is 0 Å². The molecular formula is C12H17F2NO4P2S. The summed E-state index contributed by atoms with van der Waals surface area (Å²) in [5.74, 6) is 0.344. The summed E-state index contributed by atoms with van der Waals surface area (Å²) in [6.45, 7) is -2.25. The Bertz CT molecular complexity index is 440. The number of ether oxygens (including phenoxy) is 2. The number of nitro groups is 1. The molecule has 0 amide bonds. The fourth-order valence-corrected chi connectivity index (χ4v) is 1.95. The van der Waals surface area contributed by atoms with Crippen LogP contribution in [0, 0.1) is 10.1 Å². The van der Waals surface area contributed by atoms with Crippen LogP contribution in [-0.2, 0) is 5.75 Å². The highest BCUT2D eigenvalue weighted by Gasteiger charge is 2.18. The van der Waals surface area contributed by atoms with Crippen LogP contribution in [0.2, 0.25) is 0 Å². The molecule has 0 aliphatic carbocycles. The van der Waals surface area contributed by atoms with E-state index in [0.29, 0.717) is 11.3 Å². The van der Waals surface area contributed by atoms with E-state index < -0.39 is 18.6 Å². The number of hydrogen-bond donors (Lipinski definition) is 0. The van der Waals surface area contributed by atoms with E-state index in [0.717, 1.165) is 12.1 Å². The van der Waals surface area contributed by atoms with E-state index in [1.807, 2.05) is 0 Å². The maximum atomic E-state index is 12.2. The lowest BCUT2D eigenvalue weighted by atomic mass is 10.2. The number of hydrogen-bond acceptors (Lipinski definition) is 5. The average molecular weight is 371 g/mol. The number of nitro benzene ring substituents is 1. The molecule has 0 unspecified atom stereocenters. The summed E-state index contributed by atoms with van der Waals surface area (Å²) < 4.78 is 33.8. The number of alkyl halides is 2. The summed E-state index contributed by atoms with van der Waals surface area (Å²) in [4.78, 5) is 10.0. The lowest BCUT2D eigenvalue weighted by Gasteiger charge is -2.12. The van der Waals surface area contributed by atoms with Crippen molar-refractivity contribution in [1.82, 2.24) is 0 Å². The molecule has 0 bridgehead atoms. The Hall–Kier alpha value is -1.23. The van der Waals surface area contributed by atoms with Crippen LogP contribution >= 0.6 is 29.5 Å². The predicted molar refractivity (Wildman–Crippen MR) is 94.4 cm³/mol. The van der Waals surface area contributed by atoms with Crippen LogP contribution in [-0.4, -0.2) is 37.5 Å². The minimum absolute atomic E-state index is 0.00972. The molecule has 1 aromatic carbocycles. The van der Waals surface area contributed by atoms with E-state index in [9.17, 15) is 18.9 Å². The van der Waals surface area contributed by atoms with Crippen molar-refractivity contribution in [3.05, 3.63) is 27.8 Å². The molecule has 0 aliphatic rings. The first kappa shape index (κ1) is 23.0. The maximum Gasteiger partial charge on any atom is 0.276 e. The monoisotopic (exact) mass is 371 g/mol. The topological polar surface area (TPSA) is 61.6 Å². The second-order valence-electron chi connectivity index (χ2n) is 3.12. The zero-order valence-electron chi connectivity index (χ0n) is 11.9. The molecule has 0 saturated heterocycles. The number of nitrogens with zero attached hydrogens (tertiary/aromatic N) is 1. The molecule has 5 nitrogen and oxygen atoms in total. The Morgan fingerprint density at radius 3 is 1.86 bits per heavy atom. The van der Waals surface area contributed by atoms with E-state index in [-0.39, 0.29) is 17.2 Å². The third-order valence-corrected chi connectivity index (χ3v) is 2.65. The molecule has 0 N–H and O–H groups in total. The van der Waals surface area contributed by atoms with Crippen molar-refractivity contribution >= 4 is 47.8 Å². The second-order valence-corrected chi connectivity index (χ2v) is 3.98. The van der Waals surface area contributed by atoms with Crippen molar-refractivity contribution in [3.8, 4) is 11.5 Å². The van der Waals surface area contributed by atoms with Gasteiger partial charge >= 0.3 is 0 Å². The van der Waals surface area contributed by atoms with Crippen molar-refractivity contribution in [1.29, 1.82) is 0 Å². The summed E-state index contributed by atoms with van der Waals surface area (Å²) in [5, 5.41) is 10.7. The molecule has 1 rings (SSSR count). The quantitative estimate of drug-likeness (QED) is 0.409. The fourth-order valence-electron chi connectivity index (χ4n) is 1.37. The van der Waals surface area contributed by atoms with Gasteiger partial charge in [0.1, 0.15) is 11.5 Å². The van der Waals surface area contributed by atoms with E-state index in [1.54, 1.807) is 6.26 Å². The highest BCUT2D eigenvalue weighted by molar-refractivity contribution is 7.97. The van der Waals surface area contributed by atoms with Gasteiger partial charge in [0.25, 0.3) is 5.69 Å². The molecule has 0 spiro atoms. The summed E-state index contributed by atoms with van der Waals surface area (Å²) >= 11 is 1.37. The molecule has 0 saturated carbocycles. The fraction of sp³-hybridized carbons (Fsp3) is 0.333. The number of benzene rings is 1. The van der Waals surface area contributed by atoms with Gasteiger partial charge in [-0.3, -0.25) is 10.1 Å². The van der Waals surface area contributed by atoms with Crippen molar-refractivity contribution < 1.29 is 23.2 Å². The second kappa shape index (κ2) is 14.7. The van der Waals surface area contributed by atoms with Crippen molar-refractivity contribution in [2.45, 2.75) is 5.75 Å². The largest absolute Gasteiger partial charge is 0.462 e. The third-order valence-electron chi connectivity index (χ3n) is 2.07.